The lowest BCUT2D eigenvalue weighted by Gasteiger charge is -2.05. The van der Waals surface area contributed by atoms with Crippen LogP contribution in [0, 0.1) is 12.8 Å². The van der Waals surface area contributed by atoms with Gasteiger partial charge in [0, 0.05) is 11.9 Å². The summed E-state index contributed by atoms with van der Waals surface area (Å²) in [5.41, 5.74) is 6.60. The molecule has 0 aliphatic rings. The Kier molecular flexibility index (Phi) is 4.53. The first-order valence-electron chi connectivity index (χ1n) is 8.69. The fourth-order valence-corrected chi connectivity index (χ4v) is 3.23. The highest BCUT2D eigenvalue weighted by Gasteiger charge is 2.14. The third-order valence-corrected chi connectivity index (χ3v) is 4.57. The van der Waals surface area contributed by atoms with Crippen LogP contribution in [0.15, 0.2) is 40.1 Å². The molecule has 138 valence electrons. The van der Waals surface area contributed by atoms with Gasteiger partial charge in [0.05, 0.1) is 17.5 Å². The van der Waals surface area contributed by atoms with Crippen LogP contribution in [-0.2, 0) is 6.54 Å². The van der Waals surface area contributed by atoms with Gasteiger partial charge >= 0.3 is 0 Å². The Bertz CT molecular complexity index is 1140. The molecule has 27 heavy (non-hydrogen) atoms. The SMILES string of the molecule is Cc1nn(CC(C)C)c(Cl)c1/C=N\Nc1ncnc2c1oc1ccccc12. The van der Waals surface area contributed by atoms with E-state index in [-0.39, 0.29) is 0 Å². The van der Waals surface area contributed by atoms with E-state index >= 15 is 0 Å². The maximum Gasteiger partial charge on any atom is 0.197 e. The first-order valence-corrected chi connectivity index (χ1v) is 9.06. The molecule has 1 aromatic carbocycles. The van der Waals surface area contributed by atoms with Crippen LogP contribution in [0.5, 0.6) is 0 Å². The van der Waals surface area contributed by atoms with E-state index < -0.39 is 0 Å². The van der Waals surface area contributed by atoms with Crippen molar-refractivity contribution in [2.75, 3.05) is 5.43 Å². The summed E-state index contributed by atoms with van der Waals surface area (Å²) >= 11 is 6.44. The van der Waals surface area contributed by atoms with Crippen molar-refractivity contribution >= 4 is 45.7 Å². The zero-order valence-electron chi connectivity index (χ0n) is 15.3. The zero-order valence-corrected chi connectivity index (χ0v) is 16.0. The minimum Gasteiger partial charge on any atom is -0.450 e. The predicted octanol–water partition coefficient (Wildman–Crippen LogP) is 4.64. The molecule has 0 radical (unpaired) electrons. The summed E-state index contributed by atoms with van der Waals surface area (Å²) in [5, 5.41) is 10.3. The second-order valence-electron chi connectivity index (χ2n) is 6.73. The van der Waals surface area contributed by atoms with Gasteiger partial charge in [-0.3, -0.25) is 10.1 Å². The van der Waals surface area contributed by atoms with Crippen LogP contribution >= 0.6 is 11.6 Å². The predicted molar refractivity (Wildman–Crippen MR) is 107 cm³/mol. The van der Waals surface area contributed by atoms with E-state index in [1.807, 2.05) is 31.2 Å². The third-order valence-electron chi connectivity index (χ3n) is 4.17. The highest BCUT2D eigenvalue weighted by molar-refractivity contribution is 6.32. The van der Waals surface area contributed by atoms with Crippen molar-refractivity contribution in [1.82, 2.24) is 19.7 Å². The van der Waals surface area contributed by atoms with Crippen LogP contribution < -0.4 is 5.43 Å². The molecule has 1 N–H and O–H groups in total. The summed E-state index contributed by atoms with van der Waals surface area (Å²) in [6, 6.07) is 7.73. The van der Waals surface area contributed by atoms with Gasteiger partial charge in [0.15, 0.2) is 11.4 Å². The van der Waals surface area contributed by atoms with Crippen molar-refractivity contribution in [3.05, 3.63) is 47.0 Å². The topological polar surface area (TPSA) is 81.1 Å². The normalized spacial score (nSPS) is 12.0. The van der Waals surface area contributed by atoms with Gasteiger partial charge in [-0.1, -0.05) is 37.6 Å². The van der Waals surface area contributed by atoms with Crippen LogP contribution in [0.4, 0.5) is 5.82 Å². The summed E-state index contributed by atoms with van der Waals surface area (Å²) in [7, 11) is 0. The Morgan fingerprint density at radius 3 is 2.93 bits per heavy atom. The third kappa shape index (κ3) is 3.26. The lowest BCUT2D eigenvalue weighted by molar-refractivity contribution is 0.482. The van der Waals surface area contributed by atoms with Crippen molar-refractivity contribution in [3.8, 4) is 0 Å². The number of benzene rings is 1. The number of hydrogen-bond acceptors (Lipinski definition) is 6. The Hall–Kier alpha value is -2.93. The van der Waals surface area contributed by atoms with Crippen LogP contribution in [0.1, 0.15) is 25.1 Å². The first kappa shape index (κ1) is 17.5. The number of rotatable bonds is 5. The summed E-state index contributed by atoms with van der Waals surface area (Å²) in [4.78, 5) is 8.56. The van der Waals surface area contributed by atoms with Crippen LogP contribution in [0.25, 0.3) is 22.1 Å². The largest absolute Gasteiger partial charge is 0.450 e. The summed E-state index contributed by atoms with van der Waals surface area (Å²) in [6.45, 7) is 6.91. The van der Waals surface area contributed by atoms with Crippen LogP contribution in [0.2, 0.25) is 5.15 Å². The molecule has 0 spiro atoms. The lowest BCUT2D eigenvalue weighted by atomic mass is 10.2. The number of aromatic nitrogens is 4. The van der Waals surface area contributed by atoms with Crippen molar-refractivity contribution in [2.24, 2.45) is 11.0 Å². The van der Waals surface area contributed by atoms with E-state index in [1.165, 1.54) is 6.33 Å². The van der Waals surface area contributed by atoms with Gasteiger partial charge in [0.2, 0.25) is 0 Å². The number of furan rings is 1. The first-order chi connectivity index (χ1) is 13.0. The molecule has 0 bridgehead atoms. The summed E-state index contributed by atoms with van der Waals surface area (Å²) in [5.74, 6) is 0.947. The van der Waals surface area contributed by atoms with E-state index in [9.17, 15) is 0 Å². The molecular weight excluding hydrogens is 364 g/mol. The Morgan fingerprint density at radius 2 is 2.11 bits per heavy atom. The highest BCUT2D eigenvalue weighted by atomic mass is 35.5. The number of aryl methyl sites for hydroxylation is 1. The standard InChI is InChI=1S/C19H19ClN6O/c1-11(2)9-26-18(20)14(12(3)25-26)8-23-24-19-17-16(21-10-22-19)13-6-4-5-7-15(13)27-17/h4-8,10-11H,9H2,1-3H3,(H,21,22,24)/b23-8-. The Balaban J connectivity index is 1.63. The molecule has 4 rings (SSSR count). The molecule has 7 nitrogen and oxygen atoms in total. The fraction of sp³-hybridized carbons (Fsp3) is 0.263. The minimum absolute atomic E-state index is 0.451. The van der Waals surface area contributed by atoms with Gasteiger partial charge in [0.25, 0.3) is 0 Å². The zero-order chi connectivity index (χ0) is 19.0. The molecular formula is C19H19ClN6O. The molecule has 0 amide bonds. The maximum absolute atomic E-state index is 6.44. The minimum atomic E-state index is 0.451. The van der Waals surface area contributed by atoms with Gasteiger partial charge in [0.1, 0.15) is 22.6 Å². The number of fused-ring (bicyclic) bond motifs is 3. The van der Waals surface area contributed by atoms with Crippen molar-refractivity contribution in [2.45, 2.75) is 27.3 Å². The monoisotopic (exact) mass is 382 g/mol. The second-order valence-corrected chi connectivity index (χ2v) is 7.09. The van der Waals surface area contributed by atoms with Gasteiger partial charge < -0.3 is 4.42 Å². The van der Waals surface area contributed by atoms with E-state index in [2.05, 4.69) is 39.4 Å². The summed E-state index contributed by atoms with van der Waals surface area (Å²) in [6.07, 6.45) is 3.14. The van der Waals surface area contributed by atoms with Gasteiger partial charge in [-0.15, -0.1) is 0 Å². The van der Waals surface area contributed by atoms with Crippen molar-refractivity contribution in [3.63, 3.8) is 0 Å². The Morgan fingerprint density at radius 1 is 1.30 bits per heavy atom. The Labute approximate surface area is 161 Å². The number of para-hydroxylation sites is 1. The van der Waals surface area contributed by atoms with E-state index in [0.29, 0.717) is 22.5 Å². The average Bonchev–Trinajstić information content (AvgIpc) is 3.14. The van der Waals surface area contributed by atoms with Crippen molar-refractivity contribution < 1.29 is 4.42 Å². The van der Waals surface area contributed by atoms with E-state index in [4.69, 9.17) is 16.0 Å². The molecule has 8 heteroatoms. The number of nitrogens with one attached hydrogen (secondary N) is 1. The van der Waals surface area contributed by atoms with E-state index in [0.717, 1.165) is 34.3 Å². The molecule has 3 heterocycles. The second kappa shape index (κ2) is 7.00. The highest BCUT2D eigenvalue weighted by Crippen LogP contribution is 2.30. The van der Waals surface area contributed by atoms with Gasteiger partial charge in [-0.25, -0.2) is 9.97 Å². The number of hydrogen-bond donors (Lipinski definition) is 1. The molecule has 0 fully saturated rings. The lowest BCUT2D eigenvalue weighted by Crippen LogP contribution is -2.06. The van der Waals surface area contributed by atoms with Gasteiger partial charge in [-0.2, -0.15) is 10.2 Å². The van der Waals surface area contributed by atoms with Gasteiger partial charge in [-0.05, 0) is 25.0 Å². The number of anilines is 1. The number of hydrazone groups is 1. The average molecular weight is 383 g/mol. The molecule has 3 aromatic heterocycles. The van der Waals surface area contributed by atoms with Crippen LogP contribution in [-0.4, -0.2) is 26.0 Å². The van der Waals surface area contributed by atoms with E-state index in [1.54, 1.807) is 10.9 Å². The molecule has 0 saturated heterocycles. The van der Waals surface area contributed by atoms with Crippen molar-refractivity contribution in [1.29, 1.82) is 0 Å². The number of nitrogens with zero attached hydrogens (tertiary/aromatic N) is 5. The molecule has 0 aliphatic heterocycles. The number of halogens is 1. The maximum atomic E-state index is 6.44. The molecule has 0 unspecified atom stereocenters. The molecule has 0 aliphatic carbocycles. The molecule has 0 atom stereocenters. The van der Waals surface area contributed by atoms with Crippen LogP contribution in [0.3, 0.4) is 0 Å². The fourth-order valence-electron chi connectivity index (χ4n) is 2.94. The quantitative estimate of drug-likeness (QED) is 0.401. The molecule has 0 saturated carbocycles. The molecule has 4 aromatic rings. The summed E-state index contributed by atoms with van der Waals surface area (Å²) < 4.78 is 7.67. The smallest absolute Gasteiger partial charge is 0.197 e.